The maximum absolute atomic E-state index is 2.40. The highest BCUT2D eigenvalue weighted by atomic mass is 32.2. The smallest absolute Gasteiger partial charge is 0.00518 e. The average molecular weight is 158 g/mol. The first-order valence-electron chi connectivity index (χ1n) is 3.75. The number of hydrogen-bond donors (Lipinski definition) is 0. The molecule has 0 amide bonds. The van der Waals surface area contributed by atoms with Crippen LogP contribution in [0, 0.1) is 0 Å². The van der Waals surface area contributed by atoms with Crippen molar-refractivity contribution in [3.8, 4) is 0 Å². The molecule has 1 rings (SSSR count). The van der Waals surface area contributed by atoms with Gasteiger partial charge in [-0.15, -0.1) is 11.8 Å². The Kier molecular flexibility index (Phi) is 5.90. The molecular weight excluding hydrogens is 140 g/mol. The zero-order chi connectivity index (χ0) is 6.53. The van der Waals surface area contributed by atoms with E-state index in [1.165, 1.54) is 31.4 Å². The molecule has 0 N–H and O–H groups in total. The highest BCUT2D eigenvalue weighted by Gasteiger charge is 2.01. The fourth-order valence-electron chi connectivity index (χ4n) is 1.13. The number of thioether (sulfide) groups is 1. The van der Waals surface area contributed by atoms with Crippen LogP contribution in [0.4, 0.5) is 0 Å². The first kappa shape index (κ1) is 10.1. The summed E-state index contributed by atoms with van der Waals surface area (Å²) in [5.74, 6) is 1.24. The SMILES string of the molecule is C.CCSC1=CCCCC1. The van der Waals surface area contributed by atoms with E-state index in [1.807, 2.05) is 11.8 Å². The van der Waals surface area contributed by atoms with Gasteiger partial charge in [-0.25, -0.2) is 0 Å². The predicted molar refractivity (Wildman–Crippen MR) is 51.4 cm³/mol. The van der Waals surface area contributed by atoms with E-state index < -0.39 is 0 Å². The fourth-order valence-corrected chi connectivity index (χ4v) is 2.02. The van der Waals surface area contributed by atoms with Crippen molar-refractivity contribution in [3.05, 3.63) is 11.0 Å². The standard InChI is InChI=1S/C8H14S.CH4/c1-2-9-8-6-4-3-5-7-8;/h6H,2-5,7H2,1H3;1H4. The second-order valence-corrected chi connectivity index (χ2v) is 3.74. The van der Waals surface area contributed by atoms with Gasteiger partial charge < -0.3 is 0 Å². The Balaban J connectivity index is 0.000000810. The minimum Gasteiger partial charge on any atom is -0.131 e. The van der Waals surface area contributed by atoms with Crippen LogP contribution in [0.15, 0.2) is 11.0 Å². The number of rotatable bonds is 2. The third kappa shape index (κ3) is 3.31. The first-order valence-corrected chi connectivity index (χ1v) is 4.74. The topological polar surface area (TPSA) is 0 Å². The average Bonchev–Trinajstić information content (AvgIpc) is 1.91. The molecule has 0 aromatic carbocycles. The Labute approximate surface area is 69.1 Å². The molecule has 0 atom stereocenters. The molecule has 0 radical (unpaired) electrons. The van der Waals surface area contributed by atoms with Crippen molar-refractivity contribution in [3.63, 3.8) is 0 Å². The van der Waals surface area contributed by atoms with Crippen molar-refractivity contribution in [2.75, 3.05) is 5.75 Å². The lowest BCUT2D eigenvalue weighted by atomic mass is 10.1. The molecule has 10 heavy (non-hydrogen) atoms. The third-order valence-corrected chi connectivity index (χ3v) is 2.61. The van der Waals surface area contributed by atoms with Crippen LogP contribution in [0.25, 0.3) is 0 Å². The van der Waals surface area contributed by atoms with E-state index in [0.29, 0.717) is 0 Å². The highest BCUT2D eigenvalue weighted by molar-refractivity contribution is 8.03. The van der Waals surface area contributed by atoms with E-state index in [4.69, 9.17) is 0 Å². The van der Waals surface area contributed by atoms with Crippen LogP contribution in [0.3, 0.4) is 0 Å². The van der Waals surface area contributed by atoms with Crippen LogP contribution >= 0.6 is 11.8 Å². The highest BCUT2D eigenvalue weighted by Crippen LogP contribution is 2.26. The summed E-state index contributed by atoms with van der Waals surface area (Å²) >= 11 is 2.01. The van der Waals surface area contributed by atoms with Crippen molar-refractivity contribution in [1.82, 2.24) is 0 Å². The first-order chi connectivity index (χ1) is 4.43. The zero-order valence-electron chi connectivity index (χ0n) is 6.02. The molecule has 0 nitrogen and oxygen atoms in total. The van der Waals surface area contributed by atoms with E-state index >= 15 is 0 Å². The van der Waals surface area contributed by atoms with Crippen LogP contribution in [0.2, 0.25) is 0 Å². The van der Waals surface area contributed by atoms with Gasteiger partial charge in [-0.3, -0.25) is 0 Å². The Morgan fingerprint density at radius 1 is 1.50 bits per heavy atom. The van der Waals surface area contributed by atoms with Crippen LogP contribution in [0.1, 0.15) is 40.0 Å². The summed E-state index contributed by atoms with van der Waals surface area (Å²) in [5.41, 5.74) is 0. The normalized spacial score (nSPS) is 17.5. The molecule has 0 aromatic rings. The lowest BCUT2D eigenvalue weighted by molar-refractivity contribution is 0.723. The van der Waals surface area contributed by atoms with E-state index in [0.717, 1.165) is 0 Å². The largest absolute Gasteiger partial charge is 0.131 e. The summed E-state index contributed by atoms with van der Waals surface area (Å²) in [5, 5.41) is 0. The number of allylic oxidation sites excluding steroid dienone is 2. The minimum atomic E-state index is 0. The fraction of sp³-hybridized carbons (Fsp3) is 0.778. The van der Waals surface area contributed by atoms with Crippen molar-refractivity contribution in [2.45, 2.75) is 40.0 Å². The Bertz CT molecular complexity index is 105. The lowest BCUT2D eigenvalue weighted by Crippen LogP contribution is -1.87. The summed E-state index contributed by atoms with van der Waals surface area (Å²) in [6.07, 6.45) is 7.89. The summed E-state index contributed by atoms with van der Waals surface area (Å²) in [4.78, 5) is 1.63. The van der Waals surface area contributed by atoms with Crippen molar-refractivity contribution >= 4 is 11.8 Å². The van der Waals surface area contributed by atoms with Gasteiger partial charge in [0.2, 0.25) is 0 Å². The molecule has 0 unspecified atom stereocenters. The molecule has 0 aliphatic heterocycles. The van der Waals surface area contributed by atoms with Crippen molar-refractivity contribution < 1.29 is 0 Å². The third-order valence-electron chi connectivity index (χ3n) is 1.58. The minimum absolute atomic E-state index is 0. The molecule has 0 fully saturated rings. The molecule has 0 spiro atoms. The molecule has 0 bridgehead atoms. The van der Waals surface area contributed by atoms with E-state index in [9.17, 15) is 0 Å². The summed E-state index contributed by atoms with van der Waals surface area (Å²) in [7, 11) is 0. The summed E-state index contributed by atoms with van der Waals surface area (Å²) in [6, 6.07) is 0. The predicted octanol–water partition coefficient (Wildman–Crippen LogP) is 3.83. The second kappa shape index (κ2) is 5.84. The van der Waals surface area contributed by atoms with Crippen LogP contribution in [0.5, 0.6) is 0 Å². The van der Waals surface area contributed by atoms with E-state index in [-0.39, 0.29) is 7.43 Å². The van der Waals surface area contributed by atoms with Gasteiger partial charge >= 0.3 is 0 Å². The molecular formula is C9H18S. The van der Waals surface area contributed by atoms with Crippen LogP contribution < -0.4 is 0 Å². The quantitative estimate of drug-likeness (QED) is 0.588. The molecule has 0 saturated carbocycles. The van der Waals surface area contributed by atoms with E-state index in [1.54, 1.807) is 4.91 Å². The van der Waals surface area contributed by atoms with Gasteiger partial charge in [-0.1, -0.05) is 20.4 Å². The molecule has 0 aromatic heterocycles. The molecule has 0 heterocycles. The summed E-state index contributed by atoms with van der Waals surface area (Å²) in [6.45, 7) is 2.22. The van der Waals surface area contributed by atoms with E-state index in [2.05, 4.69) is 13.0 Å². The molecule has 60 valence electrons. The summed E-state index contributed by atoms with van der Waals surface area (Å²) < 4.78 is 0. The van der Waals surface area contributed by atoms with Crippen LogP contribution in [-0.4, -0.2) is 5.75 Å². The Hall–Kier alpha value is 0.0900. The van der Waals surface area contributed by atoms with Crippen molar-refractivity contribution in [2.24, 2.45) is 0 Å². The zero-order valence-corrected chi connectivity index (χ0v) is 6.84. The van der Waals surface area contributed by atoms with Gasteiger partial charge in [-0.05, 0) is 36.3 Å². The van der Waals surface area contributed by atoms with Gasteiger partial charge in [0.15, 0.2) is 0 Å². The molecule has 1 aliphatic rings. The Morgan fingerprint density at radius 2 is 2.30 bits per heavy atom. The lowest BCUT2D eigenvalue weighted by Gasteiger charge is -2.09. The molecule has 1 aliphatic carbocycles. The van der Waals surface area contributed by atoms with Gasteiger partial charge in [0.25, 0.3) is 0 Å². The Morgan fingerprint density at radius 3 is 2.80 bits per heavy atom. The maximum atomic E-state index is 2.40. The van der Waals surface area contributed by atoms with Gasteiger partial charge in [0, 0.05) is 0 Å². The monoisotopic (exact) mass is 158 g/mol. The maximum Gasteiger partial charge on any atom is -0.00518 e. The van der Waals surface area contributed by atoms with Gasteiger partial charge in [-0.2, -0.15) is 0 Å². The molecule has 1 heteroatoms. The molecule has 0 saturated heterocycles. The van der Waals surface area contributed by atoms with Crippen LogP contribution in [-0.2, 0) is 0 Å². The van der Waals surface area contributed by atoms with Crippen molar-refractivity contribution in [1.29, 1.82) is 0 Å². The van der Waals surface area contributed by atoms with Gasteiger partial charge in [0.05, 0.1) is 0 Å². The number of hydrogen-bond acceptors (Lipinski definition) is 1. The van der Waals surface area contributed by atoms with Gasteiger partial charge in [0.1, 0.15) is 0 Å². The second-order valence-electron chi connectivity index (χ2n) is 2.35.